The molecule has 0 fully saturated rings. The van der Waals surface area contributed by atoms with Crippen LogP contribution < -0.4 is 15.4 Å². The Morgan fingerprint density at radius 1 is 1.05 bits per heavy atom. The minimum absolute atomic E-state index is 0.208. The SMILES string of the molecule is CCOc1ccccc1NC(=O)NCCCc1ccccc1. The Kier molecular flexibility index (Phi) is 6.30. The predicted octanol–water partition coefficient (Wildman–Crippen LogP) is 3.84. The van der Waals surface area contributed by atoms with Crippen LogP contribution in [-0.2, 0) is 6.42 Å². The largest absolute Gasteiger partial charge is 0.492 e. The number of benzene rings is 2. The molecule has 0 aromatic heterocycles. The molecule has 0 spiro atoms. The average molecular weight is 298 g/mol. The third kappa shape index (κ3) is 5.13. The highest BCUT2D eigenvalue weighted by Crippen LogP contribution is 2.23. The summed E-state index contributed by atoms with van der Waals surface area (Å²) in [5.41, 5.74) is 1.97. The number of aryl methyl sites for hydroxylation is 1. The molecule has 0 saturated heterocycles. The van der Waals surface area contributed by atoms with Crippen LogP contribution in [0.1, 0.15) is 18.9 Å². The monoisotopic (exact) mass is 298 g/mol. The summed E-state index contributed by atoms with van der Waals surface area (Å²) < 4.78 is 5.48. The summed E-state index contributed by atoms with van der Waals surface area (Å²) in [6.45, 7) is 3.12. The highest BCUT2D eigenvalue weighted by atomic mass is 16.5. The number of amides is 2. The Balaban J connectivity index is 1.74. The van der Waals surface area contributed by atoms with E-state index in [0.717, 1.165) is 12.8 Å². The van der Waals surface area contributed by atoms with Gasteiger partial charge in [0.1, 0.15) is 5.75 Å². The molecule has 0 atom stereocenters. The molecule has 22 heavy (non-hydrogen) atoms. The predicted molar refractivity (Wildman–Crippen MR) is 89.4 cm³/mol. The number of para-hydroxylation sites is 2. The minimum atomic E-state index is -0.208. The molecule has 0 aliphatic rings. The summed E-state index contributed by atoms with van der Waals surface area (Å²) in [4.78, 5) is 11.9. The fourth-order valence-corrected chi connectivity index (χ4v) is 2.16. The van der Waals surface area contributed by atoms with Crippen LogP contribution in [-0.4, -0.2) is 19.2 Å². The van der Waals surface area contributed by atoms with E-state index in [4.69, 9.17) is 4.74 Å². The zero-order chi connectivity index (χ0) is 15.6. The lowest BCUT2D eigenvalue weighted by molar-refractivity contribution is 0.251. The fraction of sp³-hybridized carbons (Fsp3) is 0.278. The second-order valence-electron chi connectivity index (χ2n) is 4.90. The topological polar surface area (TPSA) is 50.4 Å². The standard InChI is InChI=1S/C18H22N2O2/c1-2-22-17-13-7-6-12-16(17)20-18(21)19-14-8-11-15-9-4-3-5-10-15/h3-7,9-10,12-13H,2,8,11,14H2,1H3,(H2,19,20,21). The van der Waals surface area contributed by atoms with E-state index in [1.807, 2.05) is 49.4 Å². The molecule has 0 aliphatic carbocycles. The van der Waals surface area contributed by atoms with E-state index in [0.29, 0.717) is 24.6 Å². The highest BCUT2D eigenvalue weighted by Gasteiger charge is 2.06. The van der Waals surface area contributed by atoms with Gasteiger partial charge < -0.3 is 15.4 Å². The van der Waals surface area contributed by atoms with E-state index in [-0.39, 0.29) is 6.03 Å². The van der Waals surface area contributed by atoms with E-state index in [2.05, 4.69) is 22.8 Å². The summed E-state index contributed by atoms with van der Waals surface area (Å²) in [5.74, 6) is 0.685. The van der Waals surface area contributed by atoms with Crippen LogP contribution in [0.5, 0.6) is 5.75 Å². The smallest absolute Gasteiger partial charge is 0.319 e. The summed E-state index contributed by atoms with van der Waals surface area (Å²) in [7, 11) is 0. The van der Waals surface area contributed by atoms with Gasteiger partial charge in [-0.3, -0.25) is 0 Å². The highest BCUT2D eigenvalue weighted by molar-refractivity contribution is 5.90. The Hall–Kier alpha value is -2.49. The molecule has 0 saturated carbocycles. The number of carbonyl (C=O) groups is 1. The quantitative estimate of drug-likeness (QED) is 0.763. The summed E-state index contributed by atoms with van der Waals surface area (Å²) in [6, 6.07) is 17.5. The van der Waals surface area contributed by atoms with Gasteiger partial charge in [0.25, 0.3) is 0 Å². The molecule has 4 nitrogen and oxygen atoms in total. The van der Waals surface area contributed by atoms with E-state index < -0.39 is 0 Å². The molecule has 0 heterocycles. The zero-order valence-electron chi connectivity index (χ0n) is 12.8. The second kappa shape index (κ2) is 8.72. The van der Waals surface area contributed by atoms with Crippen molar-refractivity contribution in [2.24, 2.45) is 0 Å². The molecule has 4 heteroatoms. The van der Waals surface area contributed by atoms with Crippen LogP contribution in [0.4, 0.5) is 10.5 Å². The number of urea groups is 1. The van der Waals surface area contributed by atoms with Gasteiger partial charge in [0.05, 0.1) is 12.3 Å². The Labute approximate surface area is 131 Å². The van der Waals surface area contributed by atoms with Gasteiger partial charge in [0.15, 0.2) is 0 Å². The minimum Gasteiger partial charge on any atom is -0.492 e. The van der Waals surface area contributed by atoms with Crippen LogP contribution in [0, 0.1) is 0 Å². The van der Waals surface area contributed by atoms with Gasteiger partial charge in [-0.25, -0.2) is 4.79 Å². The zero-order valence-corrected chi connectivity index (χ0v) is 12.8. The first-order chi connectivity index (χ1) is 10.8. The van der Waals surface area contributed by atoms with Gasteiger partial charge in [-0.1, -0.05) is 42.5 Å². The van der Waals surface area contributed by atoms with Gasteiger partial charge in [-0.05, 0) is 37.5 Å². The normalized spacial score (nSPS) is 10.0. The molecular weight excluding hydrogens is 276 g/mol. The van der Waals surface area contributed by atoms with Crippen LogP contribution in [0.2, 0.25) is 0 Å². The van der Waals surface area contributed by atoms with Crippen molar-refractivity contribution in [2.75, 3.05) is 18.5 Å². The van der Waals surface area contributed by atoms with Crippen LogP contribution in [0.15, 0.2) is 54.6 Å². The van der Waals surface area contributed by atoms with E-state index in [9.17, 15) is 4.79 Å². The van der Waals surface area contributed by atoms with Crippen LogP contribution in [0.3, 0.4) is 0 Å². The Bertz CT molecular complexity index is 585. The molecule has 0 bridgehead atoms. The number of carbonyl (C=O) groups excluding carboxylic acids is 1. The number of anilines is 1. The van der Waals surface area contributed by atoms with Crippen molar-refractivity contribution in [1.82, 2.24) is 5.32 Å². The molecule has 116 valence electrons. The molecule has 2 amide bonds. The molecular formula is C18H22N2O2. The number of ether oxygens (including phenoxy) is 1. The van der Waals surface area contributed by atoms with Gasteiger partial charge in [-0.2, -0.15) is 0 Å². The Morgan fingerprint density at radius 2 is 1.77 bits per heavy atom. The van der Waals surface area contributed by atoms with Gasteiger partial charge in [0, 0.05) is 6.54 Å². The maximum atomic E-state index is 11.9. The second-order valence-corrected chi connectivity index (χ2v) is 4.90. The third-order valence-electron chi connectivity index (χ3n) is 3.21. The number of hydrogen-bond acceptors (Lipinski definition) is 2. The summed E-state index contributed by atoms with van der Waals surface area (Å²) in [5, 5.41) is 5.68. The first-order valence-electron chi connectivity index (χ1n) is 7.60. The third-order valence-corrected chi connectivity index (χ3v) is 3.21. The molecule has 0 unspecified atom stereocenters. The molecule has 0 aliphatic heterocycles. The van der Waals surface area contributed by atoms with Crippen molar-refractivity contribution in [1.29, 1.82) is 0 Å². The van der Waals surface area contributed by atoms with Crippen molar-refractivity contribution in [3.63, 3.8) is 0 Å². The summed E-state index contributed by atoms with van der Waals surface area (Å²) in [6.07, 6.45) is 1.86. The van der Waals surface area contributed by atoms with Gasteiger partial charge in [-0.15, -0.1) is 0 Å². The van der Waals surface area contributed by atoms with E-state index in [1.165, 1.54) is 5.56 Å². The first kappa shape index (κ1) is 15.9. The lowest BCUT2D eigenvalue weighted by atomic mass is 10.1. The number of nitrogens with one attached hydrogen (secondary N) is 2. The lowest BCUT2D eigenvalue weighted by Gasteiger charge is -2.12. The van der Waals surface area contributed by atoms with E-state index in [1.54, 1.807) is 0 Å². The molecule has 0 radical (unpaired) electrons. The molecule has 2 aromatic rings. The van der Waals surface area contributed by atoms with Gasteiger partial charge >= 0.3 is 6.03 Å². The fourth-order valence-electron chi connectivity index (χ4n) is 2.16. The maximum absolute atomic E-state index is 11.9. The lowest BCUT2D eigenvalue weighted by Crippen LogP contribution is -2.29. The molecule has 2 N–H and O–H groups in total. The van der Waals surface area contributed by atoms with Crippen molar-refractivity contribution in [2.45, 2.75) is 19.8 Å². The van der Waals surface area contributed by atoms with Crippen molar-refractivity contribution in [3.05, 3.63) is 60.2 Å². The van der Waals surface area contributed by atoms with E-state index >= 15 is 0 Å². The number of hydrogen-bond donors (Lipinski definition) is 2. The maximum Gasteiger partial charge on any atom is 0.319 e. The average Bonchev–Trinajstić information content (AvgIpc) is 2.55. The molecule has 2 aromatic carbocycles. The van der Waals surface area contributed by atoms with Crippen molar-refractivity contribution >= 4 is 11.7 Å². The number of rotatable bonds is 7. The first-order valence-corrected chi connectivity index (χ1v) is 7.60. The van der Waals surface area contributed by atoms with Crippen LogP contribution >= 0.6 is 0 Å². The van der Waals surface area contributed by atoms with Crippen LogP contribution in [0.25, 0.3) is 0 Å². The van der Waals surface area contributed by atoms with Gasteiger partial charge in [0.2, 0.25) is 0 Å². The Morgan fingerprint density at radius 3 is 2.55 bits per heavy atom. The summed E-state index contributed by atoms with van der Waals surface area (Å²) >= 11 is 0. The molecule has 2 rings (SSSR count). The van der Waals surface area contributed by atoms with Crippen molar-refractivity contribution in [3.8, 4) is 5.75 Å². The van der Waals surface area contributed by atoms with Crippen molar-refractivity contribution < 1.29 is 9.53 Å².